The van der Waals surface area contributed by atoms with Crippen LogP contribution < -0.4 is 0 Å². The van der Waals surface area contributed by atoms with E-state index in [-0.39, 0.29) is 23.3 Å². The zero-order valence-electron chi connectivity index (χ0n) is 11.7. The zero-order chi connectivity index (χ0) is 15.1. The van der Waals surface area contributed by atoms with E-state index in [1.807, 2.05) is 18.5 Å². The minimum Gasteiger partial charge on any atom is -0.507 e. The molecule has 2 aromatic rings. The molecule has 0 radical (unpaired) electrons. The van der Waals surface area contributed by atoms with Crippen LogP contribution in [0.4, 0.5) is 4.39 Å². The normalized spacial score (nSPS) is 15.1. The molecule has 1 N–H and O–H groups in total. The van der Waals surface area contributed by atoms with Gasteiger partial charge in [-0.25, -0.2) is 14.1 Å². The van der Waals surface area contributed by atoms with E-state index in [0.29, 0.717) is 18.9 Å². The van der Waals surface area contributed by atoms with E-state index in [1.54, 1.807) is 4.90 Å². The Morgan fingerprint density at radius 1 is 1.38 bits per heavy atom. The molecule has 3 rings (SSSR count). The number of hydrogen-bond acceptors (Lipinski definition) is 4. The summed E-state index contributed by atoms with van der Waals surface area (Å²) in [5.74, 6) is 0.302. The minimum absolute atomic E-state index is 0.0951. The number of carbonyl (C=O) groups excluding carboxylic acids is 1. The Morgan fingerprint density at radius 3 is 2.67 bits per heavy atom. The van der Waals surface area contributed by atoms with Gasteiger partial charge in [0, 0.05) is 19.2 Å². The zero-order valence-corrected chi connectivity index (χ0v) is 11.7. The van der Waals surface area contributed by atoms with Gasteiger partial charge in [-0.05, 0) is 26.0 Å². The van der Waals surface area contributed by atoms with Gasteiger partial charge >= 0.3 is 0 Å². The van der Waals surface area contributed by atoms with Crippen LogP contribution in [0.3, 0.4) is 0 Å². The number of amides is 1. The number of phenols is 1. The topological polar surface area (TPSA) is 71.2 Å². The van der Waals surface area contributed by atoms with Crippen molar-refractivity contribution in [1.29, 1.82) is 0 Å². The van der Waals surface area contributed by atoms with E-state index < -0.39 is 5.82 Å². The van der Waals surface area contributed by atoms with Crippen LogP contribution >= 0.6 is 0 Å². The molecule has 7 heteroatoms. The largest absolute Gasteiger partial charge is 0.507 e. The van der Waals surface area contributed by atoms with Gasteiger partial charge in [0.15, 0.2) is 0 Å². The summed E-state index contributed by atoms with van der Waals surface area (Å²) < 4.78 is 14.7. The fourth-order valence-corrected chi connectivity index (χ4v) is 2.51. The number of aromatic hydroxyl groups is 1. The molecule has 1 aromatic heterocycles. The average Bonchev–Trinajstić information content (AvgIpc) is 2.66. The lowest BCUT2D eigenvalue weighted by atomic mass is 10.1. The first-order valence-electron chi connectivity index (χ1n) is 6.63. The highest BCUT2D eigenvalue weighted by atomic mass is 19.1. The maximum atomic E-state index is 12.9. The lowest BCUT2D eigenvalue weighted by Gasteiger charge is -2.39. The predicted molar refractivity (Wildman–Crippen MR) is 72.5 cm³/mol. The molecule has 2 heterocycles. The van der Waals surface area contributed by atoms with Crippen LogP contribution in [0, 0.1) is 19.7 Å². The Hall–Kier alpha value is -2.44. The number of aryl methyl sites for hydroxylation is 2. The summed E-state index contributed by atoms with van der Waals surface area (Å²) in [6.07, 6.45) is 0. The second kappa shape index (κ2) is 4.83. The molecule has 0 atom stereocenters. The maximum absolute atomic E-state index is 12.9. The Bertz CT molecular complexity index is 707. The summed E-state index contributed by atoms with van der Waals surface area (Å²) in [5, 5.41) is 13.9. The van der Waals surface area contributed by atoms with Crippen LogP contribution in [0.15, 0.2) is 18.2 Å². The van der Waals surface area contributed by atoms with Crippen LogP contribution in [0.1, 0.15) is 28.0 Å². The molecule has 0 aliphatic carbocycles. The van der Waals surface area contributed by atoms with Crippen molar-refractivity contribution in [3.8, 4) is 5.75 Å². The van der Waals surface area contributed by atoms with Crippen LogP contribution in [0.2, 0.25) is 0 Å². The first kappa shape index (κ1) is 13.5. The monoisotopic (exact) mass is 290 g/mol. The molecule has 6 nitrogen and oxygen atoms in total. The first-order valence-corrected chi connectivity index (χ1v) is 6.63. The third kappa shape index (κ3) is 2.35. The molecule has 0 unspecified atom stereocenters. The van der Waals surface area contributed by atoms with Crippen molar-refractivity contribution in [1.82, 2.24) is 19.7 Å². The van der Waals surface area contributed by atoms with Gasteiger partial charge in [0.2, 0.25) is 0 Å². The van der Waals surface area contributed by atoms with Gasteiger partial charge in [-0.2, -0.15) is 5.10 Å². The van der Waals surface area contributed by atoms with Gasteiger partial charge in [0.25, 0.3) is 5.91 Å². The molecule has 21 heavy (non-hydrogen) atoms. The van der Waals surface area contributed by atoms with Crippen LogP contribution in [0.25, 0.3) is 0 Å². The van der Waals surface area contributed by atoms with E-state index in [0.717, 1.165) is 18.0 Å². The van der Waals surface area contributed by atoms with E-state index in [9.17, 15) is 14.3 Å². The van der Waals surface area contributed by atoms with Crippen LogP contribution in [-0.4, -0.2) is 43.8 Å². The predicted octanol–water partition coefficient (Wildman–Crippen LogP) is 1.44. The SMILES string of the molecule is Cc1nc(C)n(C2CN(C(=O)c3ccc(F)cc3O)C2)n1. The van der Waals surface area contributed by atoms with Crippen LogP contribution in [-0.2, 0) is 0 Å². The van der Waals surface area contributed by atoms with E-state index >= 15 is 0 Å². The highest BCUT2D eigenvalue weighted by Crippen LogP contribution is 2.27. The fraction of sp³-hybridized carbons (Fsp3) is 0.357. The quantitative estimate of drug-likeness (QED) is 0.908. The number of nitrogens with zero attached hydrogens (tertiary/aromatic N) is 4. The number of rotatable bonds is 2. The highest BCUT2D eigenvalue weighted by molar-refractivity contribution is 5.97. The summed E-state index contributed by atoms with van der Waals surface area (Å²) in [5.41, 5.74) is 0.112. The minimum atomic E-state index is -0.570. The van der Waals surface area contributed by atoms with Crippen molar-refractivity contribution in [2.45, 2.75) is 19.9 Å². The molecule has 1 saturated heterocycles. The maximum Gasteiger partial charge on any atom is 0.257 e. The third-order valence-corrected chi connectivity index (χ3v) is 3.59. The summed E-state index contributed by atoms with van der Waals surface area (Å²) in [7, 11) is 0. The van der Waals surface area contributed by atoms with Crippen molar-refractivity contribution < 1.29 is 14.3 Å². The van der Waals surface area contributed by atoms with Gasteiger partial charge in [0.05, 0.1) is 11.6 Å². The van der Waals surface area contributed by atoms with E-state index in [4.69, 9.17) is 0 Å². The molecular weight excluding hydrogens is 275 g/mol. The Kier molecular flexibility index (Phi) is 3.12. The van der Waals surface area contributed by atoms with Gasteiger partial charge < -0.3 is 10.0 Å². The Balaban J connectivity index is 1.71. The number of likely N-dealkylation sites (tertiary alicyclic amines) is 1. The number of carbonyl (C=O) groups is 1. The standard InChI is InChI=1S/C14H15FN4O2/c1-8-16-9(2)19(17-8)11-6-18(7-11)14(21)12-4-3-10(15)5-13(12)20/h3-5,11,20H,6-7H2,1-2H3. The molecular formula is C14H15FN4O2. The van der Waals surface area contributed by atoms with Crippen molar-refractivity contribution in [3.63, 3.8) is 0 Å². The van der Waals surface area contributed by atoms with Crippen molar-refractivity contribution >= 4 is 5.91 Å². The molecule has 0 bridgehead atoms. The molecule has 1 fully saturated rings. The summed E-state index contributed by atoms with van der Waals surface area (Å²) >= 11 is 0. The number of benzene rings is 1. The molecule has 0 spiro atoms. The van der Waals surface area contributed by atoms with Gasteiger partial charge in [-0.1, -0.05) is 0 Å². The van der Waals surface area contributed by atoms with Crippen molar-refractivity contribution in [2.24, 2.45) is 0 Å². The first-order chi connectivity index (χ1) is 9.95. The summed E-state index contributed by atoms with van der Waals surface area (Å²) in [6.45, 7) is 4.69. The number of halogens is 1. The molecule has 0 saturated carbocycles. The van der Waals surface area contributed by atoms with Gasteiger partial charge in [-0.3, -0.25) is 4.79 Å². The fourth-order valence-electron chi connectivity index (χ4n) is 2.51. The number of hydrogen-bond donors (Lipinski definition) is 1. The molecule has 1 aromatic carbocycles. The highest BCUT2D eigenvalue weighted by Gasteiger charge is 2.34. The molecule has 110 valence electrons. The lowest BCUT2D eigenvalue weighted by Crippen LogP contribution is -2.51. The summed E-state index contributed by atoms with van der Waals surface area (Å²) in [4.78, 5) is 18.0. The van der Waals surface area contributed by atoms with Gasteiger partial charge in [0.1, 0.15) is 23.2 Å². The third-order valence-electron chi connectivity index (χ3n) is 3.59. The number of aromatic nitrogens is 3. The molecule has 1 aliphatic heterocycles. The smallest absolute Gasteiger partial charge is 0.257 e. The Labute approximate surface area is 120 Å². The van der Waals surface area contributed by atoms with Gasteiger partial charge in [-0.15, -0.1) is 0 Å². The number of phenolic OH excluding ortho intramolecular Hbond substituents is 1. The van der Waals surface area contributed by atoms with Crippen molar-refractivity contribution in [3.05, 3.63) is 41.2 Å². The second-order valence-corrected chi connectivity index (χ2v) is 5.18. The summed E-state index contributed by atoms with van der Waals surface area (Å²) in [6, 6.07) is 3.49. The Morgan fingerprint density at radius 2 is 2.10 bits per heavy atom. The lowest BCUT2D eigenvalue weighted by molar-refractivity contribution is 0.0494. The molecule has 1 amide bonds. The molecule has 1 aliphatic rings. The van der Waals surface area contributed by atoms with E-state index in [1.165, 1.54) is 6.07 Å². The second-order valence-electron chi connectivity index (χ2n) is 5.18. The van der Waals surface area contributed by atoms with E-state index in [2.05, 4.69) is 10.1 Å². The van der Waals surface area contributed by atoms with Crippen LogP contribution in [0.5, 0.6) is 5.75 Å². The average molecular weight is 290 g/mol. The van der Waals surface area contributed by atoms with Crippen molar-refractivity contribution in [2.75, 3.05) is 13.1 Å².